The van der Waals surface area contributed by atoms with Crippen LogP contribution in [0.5, 0.6) is 5.88 Å². The van der Waals surface area contributed by atoms with E-state index in [1.165, 1.54) is 13.3 Å². The molecule has 12 heteroatoms. The molecule has 11 nitrogen and oxygen atoms in total. The Hall–Kier alpha value is -3.22. The molecule has 0 bridgehead atoms. The van der Waals surface area contributed by atoms with Gasteiger partial charge in [-0.05, 0) is 24.3 Å². The number of nitrogens with one attached hydrogen (secondary N) is 1. The molecule has 0 amide bonds. The van der Waals surface area contributed by atoms with E-state index in [1.807, 2.05) is 19.0 Å². The van der Waals surface area contributed by atoms with Gasteiger partial charge in [0, 0.05) is 42.3 Å². The van der Waals surface area contributed by atoms with Gasteiger partial charge in [-0.2, -0.15) is 4.98 Å². The van der Waals surface area contributed by atoms with Crippen LogP contribution in [0.2, 0.25) is 5.02 Å². The molecular formula is C23H24ClN3O8. The van der Waals surface area contributed by atoms with E-state index in [0.717, 1.165) is 0 Å². The molecule has 0 radical (unpaired) electrons. The Morgan fingerprint density at radius 1 is 1.17 bits per heavy atom. The molecule has 0 unspecified atom stereocenters. The maximum absolute atomic E-state index is 13.0. The first kappa shape index (κ1) is 24.9. The van der Waals surface area contributed by atoms with Gasteiger partial charge in [-0.3, -0.25) is 0 Å². The Morgan fingerprint density at radius 3 is 2.57 bits per heavy atom. The zero-order valence-corrected chi connectivity index (χ0v) is 19.8. The molecular weight excluding hydrogens is 482 g/mol. The van der Waals surface area contributed by atoms with Gasteiger partial charge in [-0.25, -0.2) is 4.79 Å². The van der Waals surface area contributed by atoms with Crippen LogP contribution in [0.4, 0.5) is 5.82 Å². The van der Waals surface area contributed by atoms with Crippen molar-refractivity contribution in [3.05, 3.63) is 41.0 Å². The number of hydrogen-bond acceptors (Lipinski definition) is 10. The standard InChI is InChI=1S/C23H24ClN3O8/c1-27(2)17-5-4-10(21(26-17)33-3)11-6-12-13(8-25-15(12)7-14(11)24)22(32)35-23-20(31)19(30)18(29)16(9-28)34-23/h4-9,16,18-20,23,25,29-31H,1-3H3/t16-,18-,19+,20-,23+/m1/s1. The van der Waals surface area contributed by atoms with E-state index in [9.17, 15) is 24.9 Å². The van der Waals surface area contributed by atoms with E-state index in [0.29, 0.717) is 38.8 Å². The molecule has 5 atom stereocenters. The summed E-state index contributed by atoms with van der Waals surface area (Å²) in [6.45, 7) is 0. The Kier molecular flexibility index (Phi) is 6.97. The number of anilines is 1. The average molecular weight is 506 g/mol. The van der Waals surface area contributed by atoms with Crippen molar-refractivity contribution in [2.24, 2.45) is 0 Å². The predicted octanol–water partition coefficient (Wildman–Crippen LogP) is 1.12. The highest BCUT2D eigenvalue weighted by atomic mass is 35.5. The van der Waals surface area contributed by atoms with Crippen LogP contribution < -0.4 is 9.64 Å². The van der Waals surface area contributed by atoms with Gasteiger partial charge in [0.15, 0.2) is 6.29 Å². The van der Waals surface area contributed by atoms with Gasteiger partial charge in [-0.15, -0.1) is 0 Å². The van der Waals surface area contributed by atoms with Crippen LogP contribution in [0.1, 0.15) is 10.4 Å². The Balaban J connectivity index is 1.69. The first-order valence-electron chi connectivity index (χ1n) is 10.6. The molecule has 0 saturated carbocycles. The van der Waals surface area contributed by atoms with Gasteiger partial charge in [0.2, 0.25) is 12.2 Å². The quantitative estimate of drug-likeness (QED) is 0.283. The molecule has 4 rings (SSSR count). The van der Waals surface area contributed by atoms with Crippen molar-refractivity contribution < 1.29 is 39.1 Å². The van der Waals surface area contributed by atoms with Crippen LogP contribution in [0.25, 0.3) is 22.0 Å². The van der Waals surface area contributed by atoms with Crippen molar-refractivity contribution in [3.8, 4) is 17.0 Å². The number of carbonyl (C=O) groups excluding carboxylic acids is 2. The molecule has 4 N–H and O–H groups in total. The molecule has 0 spiro atoms. The number of rotatable bonds is 6. The maximum Gasteiger partial charge on any atom is 0.342 e. The zero-order chi connectivity index (χ0) is 25.4. The number of hydrogen-bond donors (Lipinski definition) is 4. The maximum atomic E-state index is 13.0. The topological polar surface area (TPSA) is 154 Å². The van der Waals surface area contributed by atoms with Crippen molar-refractivity contribution >= 4 is 40.6 Å². The van der Waals surface area contributed by atoms with E-state index in [1.54, 1.807) is 24.3 Å². The lowest BCUT2D eigenvalue weighted by Crippen LogP contribution is -2.59. The number of aromatic nitrogens is 2. The molecule has 1 fully saturated rings. The number of pyridine rings is 1. The van der Waals surface area contributed by atoms with Crippen LogP contribution >= 0.6 is 11.6 Å². The fourth-order valence-corrected chi connectivity index (χ4v) is 4.08. The van der Waals surface area contributed by atoms with Gasteiger partial charge in [0.25, 0.3) is 0 Å². The van der Waals surface area contributed by atoms with Gasteiger partial charge in [0.05, 0.1) is 17.7 Å². The third-order valence-electron chi connectivity index (χ3n) is 5.74. The van der Waals surface area contributed by atoms with E-state index >= 15 is 0 Å². The van der Waals surface area contributed by atoms with E-state index in [-0.39, 0.29) is 11.8 Å². The minimum absolute atomic E-state index is 0.0915. The first-order valence-corrected chi connectivity index (χ1v) is 10.9. The van der Waals surface area contributed by atoms with Gasteiger partial charge < -0.3 is 44.2 Å². The van der Waals surface area contributed by atoms with Crippen LogP contribution in [0.15, 0.2) is 30.5 Å². The molecule has 186 valence electrons. The molecule has 1 aliphatic heterocycles. The Morgan fingerprint density at radius 2 is 1.91 bits per heavy atom. The molecule has 1 aromatic carbocycles. The second-order valence-electron chi connectivity index (χ2n) is 8.18. The fraction of sp³-hybridized carbons (Fsp3) is 0.348. The van der Waals surface area contributed by atoms with Crippen LogP contribution in [-0.4, -0.2) is 89.5 Å². The summed E-state index contributed by atoms with van der Waals surface area (Å²) in [7, 11) is 5.19. The summed E-state index contributed by atoms with van der Waals surface area (Å²) >= 11 is 6.53. The number of carbonyl (C=O) groups is 2. The minimum atomic E-state index is -1.76. The largest absolute Gasteiger partial charge is 0.480 e. The van der Waals surface area contributed by atoms with Crippen molar-refractivity contribution in [2.45, 2.75) is 30.7 Å². The molecule has 1 aliphatic rings. The number of methoxy groups -OCH3 is 1. The highest BCUT2D eigenvalue weighted by Crippen LogP contribution is 2.38. The Labute approximate surface area is 204 Å². The SMILES string of the molecule is COc1nc(N(C)C)ccc1-c1cc2c(C(=O)O[C@@H]3O[C@H](C=O)[C@@H](O)[C@H](O)[C@H]3O)c[nH]c2cc1Cl. The fourth-order valence-electron chi connectivity index (χ4n) is 3.81. The highest BCUT2D eigenvalue weighted by molar-refractivity contribution is 6.34. The highest BCUT2D eigenvalue weighted by Gasteiger charge is 2.45. The number of esters is 1. The summed E-state index contributed by atoms with van der Waals surface area (Å²) in [5.74, 6) is 0.124. The normalized spacial score (nSPS) is 24.3. The second kappa shape index (κ2) is 9.80. The van der Waals surface area contributed by atoms with E-state index in [4.69, 9.17) is 25.8 Å². The summed E-state index contributed by atoms with van der Waals surface area (Å²) in [6, 6.07) is 6.91. The van der Waals surface area contributed by atoms with E-state index < -0.39 is 36.7 Å². The number of ether oxygens (including phenoxy) is 3. The number of aromatic amines is 1. The monoisotopic (exact) mass is 505 g/mol. The van der Waals surface area contributed by atoms with Gasteiger partial charge >= 0.3 is 5.97 Å². The summed E-state index contributed by atoms with van der Waals surface area (Å²) in [5.41, 5.74) is 1.78. The van der Waals surface area contributed by atoms with Crippen LogP contribution in [-0.2, 0) is 14.3 Å². The summed E-state index contributed by atoms with van der Waals surface area (Å²) < 4.78 is 15.8. The van der Waals surface area contributed by atoms with Gasteiger partial charge in [-0.1, -0.05) is 11.6 Å². The number of aldehydes is 1. The summed E-state index contributed by atoms with van der Waals surface area (Å²) in [6.07, 6.45) is -6.64. The zero-order valence-electron chi connectivity index (χ0n) is 19.0. The van der Waals surface area contributed by atoms with Crippen molar-refractivity contribution in [1.82, 2.24) is 9.97 Å². The number of benzene rings is 1. The third-order valence-corrected chi connectivity index (χ3v) is 6.05. The lowest BCUT2D eigenvalue weighted by atomic mass is 10.00. The first-order chi connectivity index (χ1) is 16.7. The number of aliphatic hydroxyl groups is 3. The van der Waals surface area contributed by atoms with Crippen LogP contribution in [0, 0.1) is 0 Å². The lowest BCUT2D eigenvalue weighted by molar-refractivity contribution is -0.271. The lowest BCUT2D eigenvalue weighted by Gasteiger charge is -2.37. The number of halogens is 1. The second-order valence-corrected chi connectivity index (χ2v) is 8.59. The molecule has 3 heterocycles. The molecule has 1 saturated heterocycles. The summed E-state index contributed by atoms with van der Waals surface area (Å²) in [5, 5.41) is 30.7. The van der Waals surface area contributed by atoms with Crippen LogP contribution in [0.3, 0.4) is 0 Å². The number of H-pyrrole nitrogens is 1. The predicted molar refractivity (Wildman–Crippen MR) is 126 cm³/mol. The molecule has 35 heavy (non-hydrogen) atoms. The molecule has 0 aliphatic carbocycles. The minimum Gasteiger partial charge on any atom is -0.480 e. The molecule has 2 aromatic heterocycles. The van der Waals surface area contributed by atoms with E-state index in [2.05, 4.69) is 9.97 Å². The van der Waals surface area contributed by atoms with Crippen molar-refractivity contribution in [3.63, 3.8) is 0 Å². The number of fused-ring (bicyclic) bond motifs is 1. The van der Waals surface area contributed by atoms with Crippen molar-refractivity contribution in [1.29, 1.82) is 0 Å². The molecule has 3 aromatic rings. The average Bonchev–Trinajstić information content (AvgIpc) is 3.26. The number of aliphatic hydroxyl groups excluding tert-OH is 3. The summed E-state index contributed by atoms with van der Waals surface area (Å²) in [4.78, 5) is 33.3. The smallest absolute Gasteiger partial charge is 0.342 e. The van der Waals surface area contributed by atoms with Gasteiger partial charge in [0.1, 0.15) is 30.2 Å². The van der Waals surface area contributed by atoms with Crippen molar-refractivity contribution in [2.75, 3.05) is 26.1 Å². The Bertz CT molecular complexity index is 1260. The third kappa shape index (κ3) is 4.56. The number of nitrogens with zero attached hydrogens (tertiary/aromatic N) is 2.